The maximum Gasteiger partial charge on any atom is 0.191 e. The smallest absolute Gasteiger partial charge is 0.191 e. The molecule has 3 rings (SSSR count). The van der Waals surface area contributed by atoms with Crippen LogP contribution < -0.4 is 15.4 Å². The lowest BCUT2D eigenvalue weighted by atomic mass is 9.73. The van der Waals surface area contributed by atoms with Crippen LogP contribution in [-0.4, -0.2) is 56.6 Å². The molecule has 2 aliphatic rings. The minimum absolute atomic E-state index is 0.0826. The molecule has 6 heteroatoms. The molecule has 2 fully saturated rings. The van der Waals surface area contributed by atoms with Crippen molar-refractivity contribution in [2.24, 2.45) is 4.99 Å². The minimum atomic E-state index is -0.146. The number of methoxy groups -OCH3 is 1. The fourth-order valence-electron chi connectivity index (χ4n) is 4.47. The van der Waals surface area contributed by atoms with Crippen LogP contribution in [0.3, 0.4) is 0 Å². The molecule has 29 heavy (non-hydrogen) atoms. The highest BCUT2D eigenvalue weighted by Gasteiger charge is 2.37. The summed E-state index contributed by atoms with van der Waals surface area (Å²) in [4.78, 5) is 5.02. The van der Waals surface area contributed by atoms with E-state index >= 15 is 0 Å². The van der Waals surface area contributed by atoms with Gasteiger partial charge in [0.15, 0.2) is 5.96 Å². The van der Waals surface area contributed by atoms with Gasteiger partial charge < -0.3 is 25.2 Å². The predicted molar refractivity (Wildman–Crippen MR) is 117 cm³/mol. The average molecular weight is 404 g/mol. The number of nitrogens with zero attached hydrogens (tertiary/aromatic N) is 1. The maximum atomic E-state index is 9.77. The molecule has 0 spiro atoms. The minimum Gasteiger partial charge on any atom is -0.496 e. The monoisotopic (exact) mass is 403 g/mol. The number of aliphatic hydroxyl groups is 1. The summed E-state index contributed by atoms with van der Waals surface area (Å²) in [6, 6.07) is 6.79. The van der Waals surface area contributed by atoms with Gasteiger partial charge in [0, 0.05) is 36.8 Å². The molecule has 0 amide bonds. The van der Waals surface area contributed by atoms with Gasteiger partial charge in [0.25, 0.3) is 0 Å². The Kier molecular flexibility index (Phi) is 7.78. The zero-order chi connectivity index (χ0) is 20.7. The Hall–Kier alpha value is -1.79. The zero-order valence-electron chi connectivity index (χ0n) is 18.2. The summed E-state index contributed by atoms with van der Waals surface area (Å²) < 4.78 is 11.4. The van der Waals surface area contributed by atoms with Crippen molar-refractivity contribution in [3.63, 3.8) is 0 Å². The highest BCUT2D eigenvalue weighted by Crippen LogP contribution is 2.40. The van der Waals surface area contributed by atoms with E-state index < -0.39 is 0 Å². The topological polar surface area (TPSA) is 75.1 Å². The number of aryl methyl sites for hydroxylation is 1. The van der Waals surface area contributed by atoms with E-state index in [1.165, 1.54) is 11.1 Å². The van der Waals surface area contributed by atoms with Gasteiger partial charge >= 0.3 is 0 Å². The van der Waals surface area contributed by atoms with Gasteiger partial charge in [-0.05, 0) is 58.4 Å². The molecule has 1 heterocycles. The number of ether oxygens (including phenoxy) is 2. The van der Waals surface area contributed by atoms with Crippen molar-refractivity contribution in [1.29, 1.82) is 0 Å². The lowest BCUT2D eigenvalue weighted by Gasteiger charge is -2.38. The standard InChI is InChI=1S/C23H37N3O3/c1-4-24-22(26-18-6-8-19(27)9-7-18)25-16-23(11-13-29-14-12-23)20-15-17(2)5-10-21(20)28-3/h5,10,15,18-19,27H,4,6-9,11-14,16H2,1-3H3,(H2,24,25,26). The molecule has 0 bridgehead atoms. The lowest BCUT2D eigenvalue weighted by molar-refractivity contribution is 0.0522. The van der Waals surface area contributed by atoms with Gasteiger partial charge in [-0.3, -0.25) is 4.99 Å². The molecule has 0 aromatic heterocycles. The summed E-state index contributed by atoms with van der Waals surface area (Å²) in [5.74, 6) is 1.80. The van der Waals surface area contributed by atoms with Crippen LogP contribution in [0.4, 0.5) is 0 Å². The molecular formula is C23H37N3O3. The Balaban J connectivity index is 1.82. The molecule has 1 saturated carbocycles. The number of aliphatic imine (C=N–C) groups is 1. The molecule has 0 radical (unpaired) electrons. The second kappa shape index (κ2) is 10.3. The molecule has 6 nitrogen and oxygen atoms in total. The second-order valence-corrected chi connectivity index (χ2v) is 8.44. The summed E-state index contributed by atoms with van der Waals surface area (Å²) in [6.07, 6.45) is 5.41. The van der Waals surface area contributed by atoms with Gasteiger partial charge in [0.05, 0.1) is 19.8 Å². The van der Waals surface area contributed by atoms with E-state index in [2.05, 4.69) is 42.7 Å². The Morgan fingerprint density at radius 1 is 1.24 bits per heavy atom. The average Bonchev–Trinajstić information content (AvgIpc) is 2.74. The first kappa shape index (κ1) is 21.9. The molecule has 1 aromatic rings. The van der Waals surface area contributed by atoms with Crippen molar-refractivity contribution in [2.45, 2.75) is 69.9 Å². The number of nitrogens with one attached hydrogen (secondary N) is 2. The van der Waals surface area contributed by atoms with Gasteiger partial charge in [-0.2, -0.15) is 0 Å². The Bertz CT molecular complexity index is 678. The second-order valence-electron chi connectivity index (χ2n) is 8.44. The fourth-order valence-corrected chi connectivity index (χ4v) is 4.47. The van der Waals surface area contributed by atoms with Gasteiger partial charge in [0.2, 0.25) is 0 Å². The van der Waals surface area contributed by atoms with Crippen molar-refractivity contribution in [2.75, 3.05) is 33.4 Å². The highest BCUT2D eigenvalue weighted by molar-refractivity contribution is 5.80. The predicted octanol–water partition coefficient (Wildman–Crippen LogP) is 2.91. The van der Waals surface area contributed by atoms with Crippen LogP contribution in [0.1, 0.15) is 56.6 Å². The fraction of sp³-hybridized carbons (Fsp3) is 0.696. The first-order chi connectivity index (χ1) is 14.1. The van der Waals surface area contributed by atoms with E-state index in [4.69, 9.17) is 14.5 Å². The summed E-state index contributed by atoms with van der Waals surface area (Å²) >= 11 is 0. The van der Waals surface area contributed by atoms with E-state index in [9.17, 15) is 5.11 Å². The largest absolute Gasteiger partial charge is 0.496 e. The highest BCUT2D eigenvalue weighted by atomic mass is 16.5. The first-order valence-corrected chi connectivity index (χ1v) is 11.0. The van der Waals surface area contributed by atoms with Crippen molar-refractivity contribution in [3.8, 4) is 5.75 Å². The molecule has 1 aliphatic heterocycles. The number of benzene rings is 1. The van der Waals surface area contributed by atoms with Crippen molar-refractivity contribution < 1.29 is 14.6 Å². The molecule has 1 aliphatic carbocycles. The number of hydrogen-bond donors (Lipinski definition) is 3. The van der Waals surface area contributed by atoms with Crippen LogP contribution in [0.5, 0.6) is 5.75 Å². The molecule has 0 atom stereocenters. The first-order valence-electron chi connectivity index (χ1n) is 11.0. The Morgan fingerprint density at radius 3 is 2.62 bits per heavy atom. The number of guanidine groups is 1. The lowest BCUT2D eigenvalue weighted by Crippen LogP contribution is -2.46. The number of aliphatic hydroxyl groups excluding tert-OH is 1. The van der Waals surface area contributed by atoms with Crippen molar-refractivity contribution >= 4 is 5.96 Å². The van der Waals surface area contributed by atoms with Gasteiger partial charge in [-0.15, -0.1) is 0 Å². The maximum absolute atomic E-state index is 9.77. The summed E-state index contributed by atoms with van der Waals surface area (Å²) in [6.45, 7) is 7.23. The molecular weight excluding hydrogens is 366 g/mol. The van der Waals surface area contributed by atoms with Crippen LogP contribution in [0.2, 0.25) is 0 Å². The van der Waals surface area contributed by atoms with Crippen LogP contribution >= 0.6 is 0 Å². The quantitative estimate of drug-likeness (QED) is 0.503. The zero-order valence-corrected chi connectivity index (χ0v) is 18.2. The number of rotatable bonds is 6. The molecule has 3 N–H and O–H groups in total. The Labute approximate surface area is 175 Å². The third-order valence-corrected chi connectivity index (χ3v) is 6.30. The third-order valence-electron chi connectivity index (χ3n) is 6.30. The molecule has 1 aromatic carbocycles. The van der Waals surface area contributed by atoms with Gasteiger partial charge in [-0.1, -0.05) is 17.7 Å². The normalized spacial score (nSPS) is 24.8. The summed E-state index contributed by atoms with van der Waals surface area (Å²) in [5, 5.41) is 16.8. The van der Waals surface area contributed by atoms with E-state index in [0.29, 0.717) is 12.6 Å². The molecule has 162 valence electrons. The van der Waals surface area contributed by atoms with E-state index in [0.717, 1.165) is 70.0 Å². The van der Waals surface area contributed by atoms with Crippen molar-refractivity contribution in [1.82, 2.24) is 10.6 Å². The molecule has 1 saturated heterocycles. The Morgan fingerprint density at radius 2 is 1.97 bits per heavy atom. The van der Waals surface area contributed by atoms with Crippen LogP contribution in [-0.2, 0) is 10.2 Å². The van der Waals surface area contributed by atoms with Crippen LogP contribution in [0, 0.1) is 6.92 Å². The van der Waals surface area contributed by atoms with E-state index in [1.54, 1.807) is 7.11 Å². The van der Waals surface area contributed by atoms with Gasteiger partial charge in [-0.25, -0.2) is 0 Å². The van der Waals surface area contributed by atoms with Crippen molar-refractivity contribution in [3.05, 3.63) is 29.3 Å². The van der Waals surface area contributed by atoms with E-state index in [-0.39, 0.29) is 11.5 Å². The summed E-state index contributed by atoms with van der Waals surface area (Å²) in [7, 11) is 1.74. The SMILES string of the molecule is CCNC(=NCC1(c2cc(C)ccc2OC)CCOCC1)NC1CCC(O)CC1. The molecule has 0 unspecified atom stereocenters. The van der Waals surface area contributed by atoms with Crippen LogP contribution in [0.15, 0.2) is 23.2 Å². The van der Waals surface area contributed by atoms with Gasteiger partial charge in [0.1, 0.15) is 5.75 Å². The third kappa shape index (κ3) is 5.64. The van der Waals surface area contributed by atoms with E-state index in [1.807, 2.05) is 0 Å². The van der Waals surface area contributed by atoms with Crippen LogP contribution in [0.25, 0.3) is 0 Å². The number of hydrogen-bond acceptors (Lipinski definition) is 4. The summed E-state index contributed by atoms with van der Waals surface area (Å²) in [5.41, 5.74) is 2.39.